The fourth-order valence-corrected chi connectivity index (χ4v) is 5.29. The number of likely N-dealkylation sites (tertiary alicyclic amines) is 1. The summed E-state index contributed by atoms with van der Waals surface area (Å²) in [6.45, 7) is 3.65. The van der Waals surface area contributed by atoms with Crippen LogP contribution in [-0.4, -0.2) is 33.9 Å². The van der Waals surface area contributed by atoms with E-state index in [0.29, 0.717) is 30.1 Å². The van der Waals surface area contributed by atoms with Gasteiger partial charge in [0, 0.05) is 44.5 Å². The van der Waals surface area contributed by atoms with Crippen molar-refractivity contribution in [1.82, 2.24) is 20.2 Å². The lowest BCUT2D eigenvalue weighted by atomic mass is 9.84. The van der Waals surface area contributed by atoms with Gasteiger partial charge in [0.25, 0.3) is 0 Å². The molecule has 1 unspecified atom stereocenters. The van der Waals surface area contributed by atoms with Crippen LogP contribution in [0.3, 0.4) is 0 Å². The number of allylic oxidation sites excluding steroid dienone is 4. The smallest absolute Gasteiger partial charge is 0.217 e. The Balaban J connectivity index is 1.25. The fraction of sp³-hybridized carbons (Fsp3) is 0.393. The van der Waals surface area contributed by atoms with Crippen molar-refractivity contribution in [3.05, 3.63) is 94.1 Å². The van der Waals surface area contributed by atoms with E-state index in [1.807, 2.05) is 12.1 Å². The molecule has 0 radical (unpaired) electrons. The van der Waals surface area contributed by atoms with E-state index in [-0.39, 0.29) is 11.5 Å². The van der Waals surface area contributed by atoms with Crippen molar-refractivity contribution < 1.29 is 22.7 Å². The number of hydrogen-bond donors (Lipinski definition) is 1. The fourth-order valence-electron chi connectivity index (χ4n) is 5.29. The summed E-state index contributed by atoms with van der Waals surface area (Å²) in [4.78, 5) is 23.0. The van der Waals surface area contributed by atoms with Gasteiger partial charge in [-0.3, -0.25) is 19.7 Å². The summed E-state index contributed by atoms with van der Waals surface area (Å²) in [5.41, 5.74) is 4.16. The summed E-state index contributed by atoms with van der Waals surface area (Å²) < 4.78 is 46.9. The van der Waals surface area contributed by atoms with Crippen LogP contribution in [0.25, 0.3) is 0 Å². The molecule has 0 bridgehead atoms. The Labute approximate surface area is 213 Å². The lowest BCUT2D eigenvalue weighted by molar-refractivity contribution is -0.119. The quantitative estimate of drug-likeness (QED) is 0.580. The van der Waals surface area contributed by atoms with Gasteiger partial charge in [0.15, 0.2) is 0 Å². The van der Waals surface area contributed by atoms with Crippen molar-refractivity contribution in [2.24, 2.45) is 0 Å². The summed E-state index contributed by atoms with van der Waals surface area (Å²) in [5.74, 6) is -1.49. The molecule has 6 nitrogen and oxygen atoms in total. The van der Waals surface area contributed by atoms with E-state index >= 15 is 0 Å². The van der Waals surface area contributed by atoms with Crippen LogP contribution in [0, 0.1) is 0 Å². The zero-order chi connectivity index (χ0) is 26.0. The highest BCUT2D eigenvalue weighted by molar-refractivity contribution is 5.74. The van der Waals surface area contributed by atoms with Crippen LogP contribution in [0.5, 0.6) is 0 Å². The molecule has 37 heavy (non-hydrogen) atoms. The molecule has 1 atom stereocenters. The third kappa shape index (κ3) is 5.52. The minimum absolute atomic E-state index is 0.298. The van der Waals surface area contributed by atoms with Gasteiger partial charge >= 0.3 is 0 Å². The predicted molar refractivity (Wildman–Crippen MR) is 132 cm³/mol. The van der Waals surface area contributed by atoms with Gasteiger partial charge in [0.1, 0.15) is 18.3 Å². The topological polar surface area (TPSA) is 67.4 Å². The largest absolute Gasteiger partial charge is 0.365 e. The molecule has 1 amide bonds. The summed E-state index contributed by atoms with van der Waals surface area (Å²) in [6, 6.07) is 4.86. The molecular weight excluding hydrogens is 481 g/mol. The lowest BCUT2D eigenvalue weighted by Crippen LogP contribution is -2.42. The van der Waals surface area contributed by atoms with Gasteiger partial charge in [0.2, 0.25) is 5.91 Å². The molecule has 1 spiro atoms. The van der Waals surface area contributed by atoms with E-state index in [0.717, 1.165) is 42.6 Å². The number of pyridine rings is 2. The van der Waals surface area contributed by atoms with E-state index in [9.17, 15) is 18.0 Å². The SMILES string of the molecule is CC(=O)NC(C1=CC=C(F)CC(F)=C1)c1ccc(CN2CCC3(CC2)OCc2cc(CF)ncc23)cn1. The van der Waals surface area contributed by atoms with Crippen molar-refractivity contribution in [1.29, 1.82) is 0 Å². The molecule has 2 aliphatic heterocycles. The van der Waals surface area contributed by atoms with E-state index in [1.54, 1.807) is 18.5 Å². The molecule has 1 N–H and O–H groups in total. The predicted octanol–water partition coefficient (Wildman–Crippen LogP) is 5.18. The Morgan fingerprint density at radius 2 is 1.97 bits per heavy atom. The third-order valence-corrected chi connectivity index (χ3v) is 7.19. The standard InChI is InChI=1S/C28H29F3N4O2/c1-18(36)34-27(20-3-4-22(30)12-23(31)10-20)26-5-2-19(14-33-26)16-35-8-6-28(7-9-35)25-15-32-24(13-29)11-21(25)17-37-28/h2-5,10-11,14-15,27H,6-9,12-13,16-17H2,1H3,(H,34,36). The average molecular weight is 511 g/mol. The van der Waals surface area contributed by atoms with Crippen molar-refractivity contribution >= 4 is 5.91 Å². The molecule has 5 rings (SSSR count). The second-order valence-corrected chi connectivity index (χ2v) is 9.80. The monoisotopic (exact) mass is 510 g/mol. The number of carbonyl (C=O) groups excluding carboxylic acids is 1. The summed E-state index contributed by atoms with van der Waals surface area (Å²) in [5, 5.41) is 2.79. The van der Waals surface area contributed by atoms with Crippen molar-refractivity contribution in [2.75, 3.05) is 13.1 Å². The van der Waals surface area contributed by atoms with Crippen LogP contribution >= 0.6 is 0 Å². The first-order valence-electron chi connectivity index (χ1n) is 12.4. The van der Waals surface area contributed by atoms with E-state index in [2.05, 4.69) is 20.2 Å². The molecule has 0 saturated carbocycles. The van der Waals surface area contributed by atoms with E-state index in [1.165, 1.54) is 25.2 Å². The van der Waals surface area contributed by atoms with Gasteiger partial charge in [0.05, 0.1) is 36.1 Å². The van der Waals surface area contributed by atoms with E-state index < -0.39 is 30.8 Å². The molecule has 1 fully saturated rings. The lowest BCUT2D eigenvalue weighted by Gasteiger charge is -2.39. The Morgan fingerprint density at radius 3 is 2.68 bits per heavy atom. The molecule has 1 saturated heterocycles. The molecular formula is C28H29F3N4O2. The number of hydrogen-bond acceptors (Lipinski definition) is 5. The minimum atomic E-state index is -0.694. The van der Waals surface area contributed by atoms with Crippen molar-refractivity contribution in [2.45, 2.75) is 57.7 Å². The second-order valence-electron chi connectivity index (χ2n) is 9.80. The summed E-state index contributed by atoms with van der Waals surface area (Å²) in [6.07, 6.45) is 8.71. The van der Waals surface area contributed by atoms with Crippen LogP contribution < -0.4 is 5.32 Å². The van der Waals surface area contributed by atoms with Gasteiger partial charge in [-0.1, -0.05) is 12.1 Å². The van der Waals surface area contributed by atoms with Gasteiger partial charge in [-0.15, -0.1) is 0 Å². The first kappa shape index (κ1) is 25.4. The molecule has 2 aromatic heterocycles. The number of piperidine rings is 1. The van der Waals surface area contributed by atoms with Gasteiger partial charge in [-0.2, -0.15) is 0 Å². The number of carbonyl (C=O) groups is 1. The maximum Gasteiger partial charge on any atom is 0.217 e. The maximum absolute atomic E-state index is 14.1. The normalized spacial score (nSPS) is 19.9. The number of amides is 1. The first-order valence-corrected chi connectivity index (χ1v) is 12.4. The average Bonchev–Trinajstić information content (AvgIpc) is 3.13. The van der Waals surface area contributed by atoms with Gasteiger partial charge < -0.3 is 10.1 Å². The van der Waals surface area contributed by atoms with E-state index in [4.69, 9.17) is 4.74 Å². The number of rotatable bonds is 6. The molecule has 2 aromatic rings. The summed E-state index contributed by atoms with van der Waals surface area (Å²) in [7, 11) is 0. The Hall–Kier alpha value is -3.30. The third-order valence-electron chi connectivity index (χ3n) is 7.19. The Bertz CT molecular complexity index is 1260. The molecule has 0 aromatic carbocycles. The highest BCUT2D eigenvalue weighted by atomic mass is 19.1. The van der Waals surface area contributed by atoms with Crippen LogP contribution in [0.15, 0.2) is 66.0 Å². The molecule has 3 aliphatic rings. The Morgan fingerprint density at radius 1 is 1.16 bits per heavy atom. The summed E-state index contributed by atoms with van der Waals surface area (Å²) >= 11 is 0. The number of nitrogens with zero attached hydrogens (tertiary/aromatic N) is 3. The zero-order valence-corrected chi connectivity index (χ0v) is 20.6. The Kier molecular flexibility index (Phi) is 7.26. The van der Waals surface area contributed by atoms with Crippen LogP contribution in [0.1, 0.15) is 60.3 Å². The van der Waals surface area contributed by atoms with Crippen molar-refractivity contribution in [3.8, 4) is 0 Å². The second kappa shape index (κ2) is 10.6. The van der Waals surface area contributed by atoms with Crippen LogP contribution in [0.4, 0.5) is 13.2 Å². The minimum Gasteiger partial charge on any atom is -0.365 e. The molecule has 4 heterocycles. The number of alkyl halides is 1. The van der Waals surface area contributed by atoms with Gasteiger partial charge in [-0.05, 0) is 53.8 Å². The molecule has 194 valence electrons. The molecule has 1 aliphatic carbocycles. The molecule has 9 heteroatoms. The van der Waals surface area contributed by atoms with Gasteiger partial charge in [-0.25, -0.2) is 13.2 Å². The number of nitrogens with one attached hydrogen (secondary N) is 1. The number of aromatic nitrogens is 2. The number of fused-ring (bicyclic) bond motifs is 2. The highest BCUT2D eigenvalue weighted by Crippen LogP contribution is 2.44. The first-order chi connectivity index (χ1) is 17.8. The highest BCUT2D eigenvalue weighted by Gasteiger charge is 2.43. The van der Waals surface area contributed by atoms with Crippen LogP contribution in [-0.2, 0) is 35.0 Å². The zero-order valence-electron chi connectivity index (χ0n) is 20.6. The number of halogens is 3. The van der Waals surface area contributed by atoms with Crippen molar-refractivity contribution in [3.63, 3.8) is 0 Å². The maximum atomic E-state index is 14.1. The van der Waals surface area contributed by atoms with Crippen LogP contribution in [0.2, 0.25) is 0 Å². The number of ether oxygens (including phenoxy) is 1.